The minimum absolute atomic E-state index is 0.195. The number of benzene rings is 1. The topological polar surface area (TPSA) is 51.2 Å². The van der Waals surface area contributed by atoms with Gasteiger partial charge in [0.1, 0.15) is 5.75 Å². The van der Waals surface area contributed by atoms with Crippen LogP contribution in [0, 0.1) is 13.8 Å². The van der Waals surface area contributed by atoms with Crippen LogP contribution in [0.5, 0.6) is 5.75 Å². The van der Waals surface area contributed by atoms with E-state index in [2.05, 4.69) is 10.3 Å². The highest BCUT2D eigenvalue weighted by Gasteiger charge is 2.16. The number of pyridine rings is 1. The number of aromatic nitrogens is 1. The Morgan fingerprint density at radius 2 is 2.05 bits per heavy atom. The molecule has 2 rings (SSSR count). The van der Waals surface area contributed by atoms with Crippen molar-refractivity contribution in [1.29, 1.82) is 0 Å². The van der Waals surface area contributed by atoms with Crippen molar-refractivity contribution in [3.8, 4) is 5.75 Å². The van der Waals surface area contributed by atoms with Crippen LogP contribution in [0.2, 0.25) is 0 Å². The molecule has 0 radical (unpaired) electrons. The van der Waals surface area contributed by atoms with Crippen LogP contribution in [-0.4, -0.2) is 17.0 Å². The number of carbonyl (C=O) groups excluding carboxylic acids is 1. The second-order valence-corrected chi connectivity index (χ2v) is 4.69. The molecular weight excluding hydrogens is 252 g/mol. The molecule has 4 nitrogen and oxygen atoms in total. The summed E-state index contributed by atoms with van der Waals surface area (Å²) in [6.07, 6.45) is 2.68. The lowest BCUT2D eigenvalue weighted by Gasteiger charge is -2.17. The van der Waals surface area contributed by atoms with Gasteiger partial charge in [0.2, 0.25) is 0 Å². The normalized spacial score (nSPS) is 11.8. The average molecular weight is 270 g/mol. The van der Waals surface area contributed by atoms with Gasteiger partial charge in [-0.15, -0.1) is 0 Å². The summed E-state index contributed by atoms with van der Waals surface area (Å²) >= 11 is 0. The van der Waals surface area contributed by atoms with Gasteiger partial charge in [0.15, 0.2) is 6.10 Å². The first-order valence-corrected chi connectivity index (χ1v) is 6.51. The number of nitrogens with one attached hydrogen (secondary N) is 1. The Morgan fingerprint density at radius 3 is 2.75 bits per heavy atom. The number of aryl methyl sites for hydroxylation is 1. The zero-order valence-corrected chi connectivity index (χ0v) is 11.9. The third-order valence-electron chi connectivity index (χ3n) is 3.16. The number of rotatable bonds is 4. The summed E-state index contributed by atoms with van der Waals surface area (Å²) < 4.78 is 5.73. The third kappa shape index (κ3) is 3.35. The Balaban J connectivity index is 2.03. The van der Waals surface area contributed by atoms with Crippen LogP contribution in [0.15, 0.2) is 42.7 Å². The molecule has 0 unspecified atom stereocenters. The first kappa shape index (κ1) is 14.1. The van der Waals surface area contributed by atoms with E-state index in [-0.39, 0.29) is 5.91 Å². The molecule has 0 saturated heterocycles. The molecule has 4 heteroatoms. The van der Waals surface area contributed by atoms with Gasteiger partial charge in [0.25, 0.3) is 5.91 Å². The highest BCUT2D eigenvalue weighted by atomic mass is 16.5. The molecule has 1 N–H and O–H groups in total. The molecule has 2 aromatic rings. The maximum Gasteiger partial charge on any atom is 0.265 e. The second-order valence-electron chi connectivity index (χ2n) is 4.69. The van der Waals surface area contributed by atoms with E-state index < -0.39 is 6.10 Å². The molecule has 1 amide bonds. The molecule has 0 aliphatic rings. The van der Waals surface area contributed by atoms with E-state index in [4.69, 9.17) is 4.74 Å². The van der Waals surface area contributed by atoms with Crippen LogP contribution in [0.3, 0.4) is 0 Å². The number of amides is 1. The Hall–Kier alpha value is -2.36. The zero-order chi connectivity index (χ0) is 14.5. The van der Waals surface area contributed by atoms with Gasteiger partial charge in [-0.25, -0.2) is 0 Å². The maximum absolute atomic E-state index is 12.0. The van der Waals surface area contributed by atoms with E-state index in [0.717, 1.165) is 16.9 Å². The summed E-state index contributed by atoms with van der Waals surface area (Å²) in [6, 6.07) is 9.36. The van der Waals surface area contributed by atoms with Gasteiger partial charge in [-0.2, -0.15) is 0 Å². The fourth-order valence-electron chi connectivity index (χ4n) is 1.78. The van der Waals surface area contributed by atoms with Crippen LogP contribution in [0.1, 0.15) is 18.1 Å². The van der Waals surface area contributed by atoms with Crippen LogP contribution in [0.25, 0.3) is 0 Å². The van der Waals surface area contributed by atoms with Crippen molar-refractivity contribution in [2.24, 2.45) is 0 Å². The predicted molar refractivity (Wildman–Crippen MR) is 78.9 cm³/mol. The lowest BCUT2D eigenvalue weighted by Crippen LogP contribution is -2.30. The van der Waals surface area contributed by atoms with E-state index in [9.17, 15) is 4.79 Å². The van der Waals surface area contributed by atoms with Gasteiger partial charge < -0.3 is 10.1 Å². The first-order chi connectivity index (χ1) is 9.58. The van der Waals surface area contributed by atoms with Gasteiger partial charge in [-0.1, -0.05) is 12.1 Å². The van der Waals surface area contributed by atoms with Crippen LogP contribution < -0.4 is 10.1 Å². The molecule has 0 fully saturated rings. The van der Waals surface area contributed by atoms with E-state index >= 15 is 0 Å². The van der Waals surface area contributed by atoms with E-state index in [0.29, 0.717) is 5.69 Å². The molecule has 1 aromatic carbocycles. The second kappa shape index (κ2) is 6.19. The smallest absolute Gasteiger partial charge is 0.265 e. The molecule has 1 aromatic heterocycles. The summed E-state index contributed by atoms with van der Waals surface area (Å²) in [5.74, 6) is 0.540. The van der Waals surface area contributed by atoms with Crippen molar-refractivity contribution < 1.29 is 9.53 Å². The van der Waals surface area contributed by atoms with Crippen LogP contribution >= 0.6 is 0 Å². The van der Waals surface area contributed by atoms with Gasteiger partial charge in [-0.05, 0) is 50.1 Å². The Morgan fingerprint density at radius 1 is 1.25 bits per heavy atom. The molecule has 1 atom stereocenters. The van der Waals surface area contributed by atoms with Crippen molar-refractivity contribution >= 4 is 11.6 Å². The molecule has 1 heterocycles. The molecule has 0 bridgehead atoms. The lowest BCUT2D eigenvalue weighted by molar-refractivity contribution is -0.122. The Labute approximate surface area is 118 Å². The molecule has 20 heavy (non-hydrogen) atoms. The Bertz CT molecular complexity index is 597. The molecule has 0 aliphatic carbocycles. The Kier molecular flexibility index (Phi) is 4.35. The number of ether oxygens (including phenoxy) is 1. The molecule has 0 aliphatic heterocycles. The summed E-state index contributed by atoms with van der Waals surface area (Å²) in [5.41, 5.74) is 2.85. The highest BCUT2D eigenvalue weighted by Crippen LogP contribution is 2.22. The molecular formula is C16H18N2O2. The summed E-state index contributed by atoms with van der Waals surface area (Å²) in [5, 5.41) is 2.77. The predicted octanol–water partition coefficient (Wildman–Crippen LogP) is 3.10. The van der Waals surface area contributed by atoms with Crippen molar-refractivity contribution in [2.75, 3.05) is 5.32 Å². The number of nitrogens with zero attached hydrogens (tertiary/aromatic N) is 1. The third-order valence-corrected chi connectivity index (χ3v) is 3.16. The zero-order valence-electron chi connectivity index (χ0n) is 11.9. The van der Waals surface area contributed by atoms with Crippen molar-refractivity contribution in [2.45, 2.75) is 26.9 Å². The van der Waals surface area contributed by atoms with Gasteiger partial charge >= 0.3 is 0 Å². The van der Waals surface area contributed by atoms with Gasteiger partial charge in [0.05, 0.1) is 11.9 Å². The fourth-order valence-corrected chi connectivity index (χ4v) is 1.78. The fraction of sp³-hybridized carbons (Fsp3) is 0.250. The quantitative estimate of drug-likeness (QED) is 0.928. The van der Waals surface area contributed by atoms with Crippen molar-refractivity contribution in [1.82, 2.24) is 4.98 Å². The lowest BCUT2D eigenvalue weighted by atomic mass is 10.1. The number of hydrogen-bond donors (Lipinski definition) is 1. The number of anilines is 1. The monoisotopic (exact) mass is 270 g/mol. The van der Waals surface area contributed by atoms with E-state index in [1.807, 2.05) is 32.0 Å². The molecule has 104 valence electrons. The summed E-state index contributed by atoms with van der Waals surface area (Å²) in [6.45, 7) is 5.73. The largest absolute Gasteiger partial charge is 0.481 e. The van der Waals surface area contributed by atoms with Gasteiger partial charge in [0, 0.05) is 6.20 Å². The first-order valence-electron chi connectivity index (χ1n) is 6.51. The van der Waals surface area contributed by atoms with Crippen LogP contribution in [0.4, 0.5) is 5.69 Å². The standard InChI is InChI=1S/C16H18N2O2/c1-11-6-4-8-15(12(11)2)20-13(3)16(19)18-14-7-5-9-17-10-14/h4-10,13H,1-3H3,(H,18,19)/t13-/m1/s1. The highest BCUT2D eigenvalue weighted by molar-refractivity contribution is 5.93. The molecule has 0 saturated carbocycles. The van der Waals surface area contributed by atoms with Crippen molar-refractivity contribution in [3.63, 3.8) is 0 Å². The van der Waals surface area contributed by atoms with E-state index in [1.165, 1.54) is 0 Å². The average Bonchev–Trinajstić information content (AvgIpc) is 2.45. The molecule has 0 spiro atoms. The van der Waals surface area contributed by atoms with Crippen molar-refractivity contribution in [3.05, 3.63) is 53.9 Å². The number of carbonyl (C=O) groups is 1. The minimum Gasteiger partial charge on any atom is -0.481 e. The minimum atomic E-state index is -0.573. The summed E-state index contributed by atoms with van der Waals surface area (Å²) in [7, 11) is 0. The summed E-state index contributed by atoms with van der Waals surface area (Å²) in [4.78, 5) is 16.0. The van der Waals surface area contributed by atoms with Gasteiger partial charge in [-0.3, -0.25) is 9.78 Å². The van der Waals surface area contributed by atoms with E-state index in [1.54, 1.807) is 31.5 Å². The number of hydrogen-bond acceptors (Lipinski definition) is 3. The maximum atomic E-state index is 12.0. The SMILES string of the molecule is Cc1cccc(O[C@H](C)C(=O)Nc2cccnc2)c1C. The van der Waals surface area contributed by atoms with Crippen LogP contribution in [-0.2, 0) is 4.79 Å².